The molecule has 4 aromatic rings. The van der Waals surface area contributed by atoms with E-state index in [1.807, 2.05) is 37.4 Å². The number of nitrogen functional groups attached to an aromatic ring is 1. The van der Waals surface area contributed by atoms with Crippen LogP contribution in [0.4, 0.5) is 10.6 Å². The fourth-order valence-corrected chi connectivity index (χ4v) is 6.26. The molecule has 6 rings (SSSR count). The van der Waals surface area contributed by atoms with Crippen LogP contribution in [0.15, 0.2) is 42.9 Å². The van der Waals surface area contributed by atoms with E-state index < -0.39 is 0 Å². The number of terminal acetylenes is 1. The van der Waals surface area contributed by atoms with E-state index in [0.29, 0.717) is 12.4 Å². The standard InChI is InChI=1S/C27H26N6O2/c1-3-20-21(18-13-17-7-5-6-8-19(17)29-14-18)22-23(28)30-16-31-24(22)33(20)27-11-9-26(15-27,10-12-27)32-25(34)35-4-2/h1,5-8,13-14,16H,4,9-12,15H2,2H3,(H,32,34)(H2,28,30,31). The van der Waals surface area contributed by atoms with E-state index in [0.717, 1.165) is 70.9 Å². The molecule has 0 saturated heterocycles. The molecule has 2 saturated carbocycles. The normalized spacial score (nSPS) is 23.0. The first-order valence-corrected chi connectivity index (χ1v) is 11.9. The van der Waals surface area contributed by atoms with Gasteiger partial charge in [0.1, 0.15) is 23.5 Å². The van der Waals surface area contributed by atoms with Gasteiger partial charge in [-0.1, -0.05) is 24.1 Å². The number of nitrogens with one attached hydrogen (secondary N) is 1. The third-order valence-electron chi connectivity index (χ3n) is 7.72. The van der Waals surface area contributed by atoms with Crippen molar-refractivity contribution in [2.45, 2.75) is 50.1 Å². The molecule has 0 atom stereocenters. The summed E-state index contributed by atoms with van der Waals surface area (Å²) in [4.78, 5) is 25.9. The van der Waals surface area contributed by atoms with E-state index >= 15 is 0 Å². The maximum atomic E-state index is 12.3. The Morgan fingerprint density at radius 1 is 1.23 bits per heavy atom. The van der Waals surface area contributed by atoms with E-state index in [1.54, 1.807) is 0 Å². The molecule has 2 bridgehead atoms. The second-order valence-electron chi connectivity index (χ2n) is 9.60. The van der Waals surface area contributed by atoms with Gasteiger partial charge >= 0.3 is 6.09 Å². The van der Waals surface area contributed by atoms with Crippen molar-refractivity contribution in [1.29, 1.82) is 0 Å². The second-order valence-corrected chi connectivity index (χ2v) is 9.60. The molecule has 2 aliphatic rings. The fourth-order valence-electron chi connectivity index (χ4n) is 6.26. The van der Waals surface area contributed by atoms with Crippen molar-refractivity contribution in [3.05, 3.63) is 48.5 Å². The number of hydrogen-bond donors (Lipinski definition) is 2. The summed E-state index contributed by atoms with van der Waals surface area (Å²) in [6.45, 7) is 2.15. The number of ether oxygens (including phenoxy) is 1. The van der Waals surface area contributed by atoms with Gasteiger partial charge in [0, 0.05) is 33.8 Å². The number of carbonyl (C=O) groups is 1. The summed E-state index contributed by atoms with van der Waals surface area (Å²) < 4.78 is 7.37. The highest BCUT2D eigenvalue weighted by Gasteiger charge is 2.57. The molecule has 1 amide bonds. The summed E-state index contributed by atoms with van der Waals surface area (Å²) in [6.07, 6.45) is 13.4. The Hall–Kier alpha value is -4.12. The Bertz CT molecular complexity index is 1520. The van der Waals surface area contributed by atoms with Crippen molar-refractivity contribution in [2.75, 3.05) is 12.3 Å². The van der Waals surface area contributed by atoms with Crippen molar-refractivity contribution in [3.63, 3.8) is 0 Å². The predicted molar refractivity (Wildman–Crippen MR) is 135 cm³/mol. The van der Waals surface area contributed by atoms with Gasteiger partial charge in [-0.2, -0.15) is 0 Å². The van der Waals surface area contributed by atoms with Crippen molar-refractivity contribution >= 4 is 33.8 Å². The van der Waals surface area contributed by atoms with E-state index in [1.165, 1.54) is 6.33 Å². The Labute approximate surface area is 202 Å². The highest BCUT2D eigenvalue weighted by Crippen LogP contribution is 2.57. The minimum absolute atomic E-state index is 0.275. The molecule has 3 aromatic heterocycles. The molecule has 8 nitrogen and oxygen atoms in total. The molecule has 176 valence electrons. The number of nitrogens with zero attached hydrogens (tertiary/aromatic N) is 4. The van der Waals surface area contributed by atoms with Gasteiger partial charge in [-0.15, -0.1) is 6.42 Å². The van der Waals surface area contributed by atoms with Crippen LogP contribution in [0.1, 0.15) is 44.7 Å². The molecular formula is C27H26N6O2. The quantitative estimate of drug-likeness (QED) is 0.433. The summed E-state index contributed by atoms with van der Waals surface area (Å²) in [5.74, 6) is 3.34. The highest BCUT2D eigenvalue weighted by atomic mass is 16.5. The lowest BCUT2D eigenvalue weighted by Crippen LogP contribution is -2.45. The zero-order chi connectivity index (χ0) is 24.2. The Morgan fingerprint density at radius 2 is 2.03 bits per heavy atom. The first-order valence-electron chi connectivity index (χ1n) is 11.9. The van der Waals surface area contributed by atoms with Gasteiger partial charge in [0.05, 0.1) is 17.5 Å². The number of hydrogen-bond acceptors (Lipinski definition) is 6. The number of aromatic nitrogens is 4. The molecule has 0 radical (unpaired) electrons. The van der Waals surface area contributed by atoms with Crippen molar-refractivity contribution in [3.8, 4) is 23.5 Å². The summed E-state index contributed by atoms with van der Waals surface area (Å²) in [5, 5.41) is 4.90. The van der Waals surface area contributed by atoms with Crippen LogP contribution in [0, 0.1) is 12.3 Å². The van der Waals surface area contributed by atoms with Crippen LogP contribution in [0.2, 0.25) is 0 Å². The van der Waals surface area contributed by atoms with E-state index in [4.69, 9.17) is 16.9 Å². The van der Waals surface area contributed by atoms with Crippen molar-refractivity contribution < 1.29 is 9.53 Å². The van der Waals surface area contributed by atoms with Crippen LogP contribution in [-0.2, 0) is 10.3 Å². The van der Waals surface area contributed by atoms with E-state index in [9.17, 15) is 4.79 Å². The SMILES string of the molecule is C#Cc1c(-c2cnc3ccccc3c2)c2c(N)ncnc2n1C12CCC(NC(=O)OCC)(CC1)C2. The summed E-state index contributed by atoms with van der Waals surface area (Å²) in [5.41, 5.74) is 9.92. The van der Waals surface area contributed by atoms with E-state index in [2.05, 4.69) is 36.8 Å². The van der Waals surface area contributed by atoms with Gasteiger partial charge in [-0.3, -0.25) is 4.98 Å². The number of pyridine rings is 1. The van der Waals surface area contributed by atoms with Crippen LogP contribution in [0.3, 0.4) is 0 Å². The van der Waals surface area contributed by atoms with Gasteiger partial charge < -0.3 is 20.4 Å². The second kappa shape index (κ2) is 7.70. The Kier molecular flexibility index (Phi) is 4.71. The molecule has 2 fully saturated rings. The van der Waals surface area contributed by atoms with Gasteiger partial charge in [0.2, 0.25) is 0 Å². The first-order chi connectivity index (χ1) is 17.0. The third kappa shape index (κ3) is 3.15. The number of para-hydroxylation sites is 1. The molecule has 1 aromatic carbocycles. The van der Waals surface area contributed by atoms with Gasteiger partial charge in [0.15, 0.2) is 0 Å². The van der Waals surface area contributed by atoms with E-state index in [-0.39, 0.29) is 17.2 Å². The molecular weight excluding hydrogens is 440 g/mol. The molecule has 3 N–H and O–H groups in total. The van der Waals surface area contributed by atoms with Crippen LogP contribution >= 0.6 is 0 Å². The molecule has 8 heteroatoms. The maximum Gasteiger partial charge on any atom is 0.407 e. The summed E-state index contributed by atoms with van der Waals surface area (Å²) >= 11 is 0. The largest absolute Gasteiger partial charge is 0.450 e. The Balaban J connectivity index is 1.54. The number of nitrogens with two attached hydrogens (primary N) is 1. The first kappa shape index (κ1) is 21.4. The maximum absolute atomic E-state index is 12.3. The van der Waals surface area contributed by atoms with Crippen LogP contribution in [-0.4, -0.2) is 37.8 Å². The summed E-state index contributed by atoms with van der Waals surface area (Å²) in [7, 11) is 0. The smallest absolute Gasteiger partial charge is 0.407 e. The number of carbonyl (C=O) groups excluding carboxylic acids is 1. The van der Waals surface area contributed by atoms with Crippen molar-refractivity contribution in [2.24, 2.45) is 0 Å². The topological polar surface area (TPSA) is 108 Å². The van der Waals surface area contributed by atoms with Crippen LogP contribution in [0.25, 0.3) is 33.1 Å². The summed E-state index contributed by atoms with van der Waals surface area (Å²) in [6, 6.07) is 10.1. The van der Waals surface area contributed by atoms with Gasteiger partial charge in [-0.05, 0) is 51.2 Å². The molecule has 0 spiro atoms. The van der Waals surface area contributed by atoms with Crippen molar-refractivity contribution in [1.82, 2.24) is 24.8 Å². The van der Waals surface area contributed by atoms with Crippen LogP contribution in [0.5, 0.6) is 0 Å². The fraction of sp³-hybridized carbons (Fsp3) is 0.333. The average Bonchev–Trinajstić information content (AvgIpc) is 3.52. The number of fused-ring (bicyclic) bond motifs is 4. The zero-order valence-corrected chi connectivity index (χ0v) is 19.5. The predicted octanol–water partition coefficient (Wildman–Crippen LogP) is 4.37. The molecule has 2 aliphatic carbocycles. The lowest BCUT2D eigenvalue weighted by molar-refractivity contribution is 0.138. The third-order valence-corrected chi connectivity index (χ3v) is 7.72. The minimum atomic E-state index is -0.366. The number of anilines is 1. The number of benzene rings is 1. The lowest BCUT2D eigenvalue weighted by Gasteiger charge is -2.30. The molecule has 3 heterocycles. The Morgan fingerprint density at radius 3 is 2.80 bits per heavy atom. The zero-order valence-electron chi connectivity index (χ0n) is 19.5. The minimum Gasteiger partial charge on any atom is -0.450 e. The number of amides is 1. The molecule has 0 unspecified atom stereocenters. The monoisotopic (exact) mass is 466 g/mol. The van der Waals surface area contributed by atoms with Crippen LogP contribution < -0.4 is 11.1 Å². The van der Waals surface area contributed by atoms with Gasteiger partial charge in [0.25, 0.3) is 0 Å². The molecule has 35 heavy (non-hydrogen) atoms. The molecule has 0 aliphatic heterocycles. The number of alkyl carbamates (subject to hydrolysis) is 1. The highest BCUT2D eigenvalue weighted by molar-refractivity contribution is 6.04. The average molecular weight is 467 g/mol. The number of rotatable bonds is 4. The van der Waals surface area contributed by atoms with Gasteiger partial charge in [-0.25, -0.2) is 14.8 Å². The lowest BCUT2D eigenvalue weighted by atomic mass is 9.91.